The summed E-state index contributed by atoms with van der Waals surface area (Å²) >= 11 is 1.72. The van der Waals surface area contributed by atoms with E-state index in [2.05, 4.69) is 60.6 Å². The second kappa shape index (κ2) is 11.6. The third-order valence-electron chi connectivity index (χ3n) is 4.85. The van der Waals surface area contributed by atoms with Gasteiger partial charge in [0.2, 0.25) is 8.32 Å². The fraction of sp³-hybridized carbons (Fsp3) is 0.895. The number of thioether (sulfide) groups is 1. The van der Waals surface area contributed by atoms with Gasteiger partial charge in [-0.25, -0.2) is 0 Å². The lowest BCUT2D eigenvalue weighted by Crippen LogP contribution is -2.52. The maximum atomic E-state index is 6.98. The predicted octanol–water partition coefficient (Wildman–Crippen LogP) is 6.08. The molecule has 0 aliphatic heterocycles. The van der Waals surface area contributed by atoms with Gasteiger partial charge in [0.05, 0.1) is 18.1 Å². The van der Waals surface area contributed by atoms with Gasteiger partial charge in [0.25, 0.3) is 0 Å². The van der Waals surface area contributed by atoms with Crippen molar-refractivity contribution in [1.82, 2.24) is 0 Å². The first kappa shape index (κ1) is 23.0. The van der Waals surface area contributed by atoms with E-state index in [1.807, 2.05) is 0 Å². The van der Waals surface area contributed by atoms with E-state index in [4.69, 9.17) is 15.6 Å². The Morgan fingerprint density at radius 2 is 1.52 bits per heavy atom. The Kier molecular flexibility index (Phi) is 11.6. The van der Waals surface area contributed by atoms with Gasteiger partial charge in [0.15, 0.2) is 0 Å². The molecule has 0 aromatic carbocycles. The van der Waals surface area contributed by atoms with Gasteiger partial charge >= 0.3 is 0 Å². The Bertz CT molecular complexity index is 328. The molecular formula is C19H38O2SSi. The van der Waals surface area contributed by atoms with E-state index in [0.717, 1.165) is 19.3 Å². The van der Waals surface area contributed by atoms with Gasteiger partial charge in [-0.05, 0) is 35.7 Å². The van der Waals surface area contributed by atoms with Crippen LogP contribution in [0.2, 0.25) is 16.6 Å². The Labute approximate surface area is 150 Å². The monoisotopic (exact) mass is 358 g/mol. The SMILES string of the molecule is C#CCC[C@H](O[Si](C(C)C)(C(C)C)C(C)C)[C@@H](CC)OCSC. The summed E-state index contributed by atoms with van der Waals surface area (Å²) in [5.74, 6) is 3.50. The average Bonchev–Trinajstić information content (AvgIpc) is 2.48. The molecule has 4 heteroatoms. The zero-order chi connectivity index (χ0) is 18.0. The molecule has 0 saturated carbocycles. The summed E-state index contributed by atoms with van der Waals surface area (Å²) in [7, 11) is -1.91. The van der Waals surface area contributed by atoms with Crippen LogP contribution in [0.25, 0.3) is 0 Å². The standard InChI is InChI=1S/C19H38O2SSi/c1-10-12-13-19(18(11-2)20-14-22-9)21-23(15(3)4,16(5)6)17(7)8/h1,15-19H,11-14H2,2-9H3/t18-,19+/m1/s1. The van der Waals surface area contributed by atoms with Crippen molar-refractivity contribution in [3.05, 3.63) is 0 Å². The highest BCUT2D eigenvalue weighted by Gasteiger charge is 2.47. The average molecular weight is 359 g/mol. The number of terminal acetylenes is 1. The first-order chi connectivity index (χ1) is 10.8. The molecule has 0 saturated heterocycles. The quantitative estimate of drug-likeness (QED) is 0.239. The smallest absolute Gasteiger partial charge is 0.200 e. The minimum Gasteiger partial charge on any atom is -0.410 e. The van der Waals surface area contributed by atoms with E-state index in [0.29, 0.717) is 22.6 Å². The minimum absolute atomic E-state index is 0.113. The fourth-order valence-electron chi connectivity index (χ4n) is 3.86. The molecule has 0 aliphatic carbocycles. The zero-order valence-electron chi connectivity index (χ0n) is 16.5. The van der Waals surface area contributed by atoms with E-state index in [9.17, 15) is 0 Å². The van der Waals surface area contributed by atoms with Crippen molar-refractivity contribution in [3.8, 4) is 12.3 Å². The molecule has 0 bridgehead atoms. The van der Waals surface area contributed by atoms with Crippen molar-refractivity contribution < 1.29 is 9.16 Å². The molecule has 0 spiro atoms. The lowest BCUT2D eigenvalue weighted by Gasteiger charge is -2.46. The molecule has 0 N–H and O–H groups in total. The number of rotatable bonds is 12. The van der Waals surface area contributed by atoms with Crippen molar-refractivity contribution in [2.24, 2.45) is 0 Å². The summed E-state index contributed by atoms with van der Waals surface area (Å²) in [4.78, 5) is 0. The molecule has 2 atom stereocenters. The van der Waals surface area contributed by atoms with Gasteiger partial charge in [0.1, 0.15) is 0 Å². The minimum atomic E-state index is -1.91. The molecule has 0 aromatic heterocycles. The molecule has 0 unspecified atom stereocenters. The fourth-order valence-corrected chi connectivity index (χ4v) is 9.78. The van der Waals surface area contributed by atoms with Gasteiger partial charge < -0.3 is 9.16 Å². The molecule has 0 aliphatic rings. The molecule has 0 aromatic rings. The third kappa shape index (κ3) is 6.46. The normalized spacial score (nSPS) is 15.2. The van der Waals surface area contributed by atoms with Crippen molar-refractivity contribution in [1.29, 1.82) is 0 Å². The van der Waals surface area contributed by atoms with Crippen molar-refractivity contribution in [2.45, 2.75) is 96.6 Å². The highest BCUT2D eigenvalue weighted by Crippen LogP contribution is 2.44. The first-order valence-corrected chi connectivity index (χ1v) is 12.5. The van der Waals surface area contributed by atoms with Crippen LogP contribution in [0, 0.1) is 12.3 Å². The summed E-state index contributed by atoms with van der Waals surface area (Å²) in [5.41, 5.74) is 1.73. The molecular weight excluding hydrogens is 320 g/mol. The molecule has 0 amide bonds. The van der Waals surface area contributed by atoms with E-state index >= 15 is 0 Å². The summed E-state index contributed by atoms with van der Waals surface area (Å²) in [6, 6.07) is 0. The molecule has 0 rings (SSSR count). The largest absolute Gasteiger partial charge is 0.410 e. The molecule has 2 nitrogen and oxygen atoms in total. The summed E-state index contributed by atoms with van der Waals surface area (Å²) in [5, 5.41) is 0. The molecule has 0 heterocycles. The Balaban J connectivity index is 5.47. The Morgan fingerprint density at radius 1 is 1.00 bits per heavy atom. The third-order valence-corrected chi connectivity index (χ3v) is 11.3. The number of hydrogen-bond acceptors (Lipinski definition) is 3. The molecule has 0 fully saturated rings. The molecule has 0 radical (unpaired) electrons. The number of ether oxygens (including phenoxy) is 1. The van der Waals surface area contributed by atoms with Gasteiger partial charge in [-0.2, -0.15) is 0 Å². The van der Waals surface area contributed by atoms with E-state index in [-0.39, 0.29) is 12.2 Å². The predicted molar refractivity (Wildman–Crippen MR) is 108 cm³/mol. The van der Waals surface area contributed by atoms with Crippen LogP contribution in [0.3, 0.4) is 0 Å². The van der Waals surface area contributed by atoms with Crippen LogP contribution in [0.5, 0.6) is 0 Å². The van der Waals surface area contributed by atoms with E-state index < -0.39 is 8.32 Å². The van der Waals surface area contributed by atoms with Crippen LogP contribution >= 0.6 is 11.8 Å². The van der Waals surface area contributed by atoms with Crippen molar-refractivity contribution in [2.75, 3.05) is 12.2 Å². The van der Waals surface area contributed by atoms with Gasteiger partial charge in [0, 0.05) is 6.42 Å². The van der Waals surface area contributed by atoms with Crippen LogP contribution in [0.4, 0.5) is 0 Å². The second-order valence-electron chi connectivity index (χ2n) is 7.24. The van der Waals surface area contributed by atoms with Crippen molar-refractivity contribution in [3.63, 3.8) is 0 Å². The molecule has 136 valence electrons. The van der Waals surface area contributed by atoms with E-state index in [1.165, 1.54) is 0 Å². The Hall–Kier alpha value is 0.0469. The van der Waals surface area contributed by atoms with Gasteiger partial charge in [-0.15, -0.1) is 24.1 Å². The van der Waals surface area contributed by atoms with Crippen LogP contribution in [0.15, 0.2) is 0 Å². The summed E-state index contributed by atoms with van der Waals surface area (Å²) < 4.78 is 13.1. The van der Waals surface area contributed by atoms with Crippen LogP contribution in [-0.4, -0.2) is 32.7 Å². The maximum absolute atomic E-state index is 6.98. The maximum Gasteiger partial charge on any atom is 0.200 e. The van der Waals surface area contributed by atoms with E-state index in [1.54, 1.807) is 11.8 Å². The summed E-state index contributed by atoms with van der Waals surface area (Å²) in [6.45, 7) is 16.1. The highest BCUT2D eigenvalue weighted by atomic mass is 32.2. The van der Waals surface area contributed by atoms with Gasteiger partial charge in [-0.1, -0.05) is 48.5 Å². The lowest BCUT2D eigenvalue weighted by atomic mass is 10.1. The Morgan fingerprint density at radius 3 is 1.87 bits per heavy atom. The first-order valence-electron chi connectivity index (χ1n) is 8.99. The molecule has 23 heavy (non-hydrogen) atoms. The van der Waals surface area contributed by atoms with Crippen LogP contribution < -0.4 is 0 Å². The van der Waals surface area contributed by atoms with Crippen molar-refractivity contribution >= 4 is 20.1 Å². The second-order valence-corrected chi connectivity index (χ2v) is 13.5. The van der Waals surface area contributed by atoms with Crippen LogP contribution in [0.1, 0.15) is 67.7 Å². The lowest BCUT2D eigenvalue weighted by molar-refractivity contribution is -0.0177. The van der Waals surface area contributed by atoms with Gasteiger partial charge in [-0.3, -0.25) is 0 Å². The number of hydrogen-bond donors (Lipinski definition) is 0. The summed E-state index contributed by atoms with van der Waals surface area (Å²) in [6.07, 6.45) is 10.5. The highest BCUT2D eigenvalue weighted by molar-refractivity contribution is 7.98. The van der Waals surface area contributed by atoms with Crippen LogP contribution in [-0.2, 0) is 9.16 Å². The zero-order valence-corrected chi connectivity index (χ0v) is 18.3. The topological polar surface area (TPSA) is 18.5 Å².